The first-order chi connectivity index (χ1) is 18.7. The van der Waals surface area contributed by atoms with Gasteiger partial charge >= 0.3 is 5.97 Å². The minimum absolute atomic E-state index is 0.0550. The number of unbranched alkanes of at least 4 members (excludes halogenated alkanes) is 6. The van der Waals surface area contributed by atoms with Crippen LogP contribution in [0.4, 0.5) is 0 Å². The third-order valence-corrected chi connectivity index (χ3v) is 12.5. The van der Waals surface area contributed by atoms with E-state index < -0.39 is 0 Å². The molecule has 0 aliphatic heterocycles. The highest BCUT2D eigenvalue weighted by molar-refractivity contribution is 5.69. The van der Waals surface area contributed by atoms with Crippen LogP contribution in [0, 0.1) is 46.3 Å². The molecule has 0 aromatic rings. The largest absolute Gasteiger partial charge is 0.462 e. The lowest BCUT2D eigenvalue weighted by molar-refractivity contribution is -0.151. The topological polar surface area (TPSA) is 26.3 Å². The van der Waals surface area contributed by atoms with Crippen LogP contribution < -0.4 is 0 Å². The number of hydrogen-bond donors (Lipinski definition) is 0. The number of hydrogen-bond acceptors (Lipinski definition) is 2. The Bertz CT molecular complexity index is 812. The summed E-state index contributed by atoms with van der Waals surface area (Å²) in [6, 6.07) is 0. The van der Waals surface area contributed by atoms with Crippen molar-refractivity contribution in [1.29, 1.82) is 0 Å². The molecule has 0 bridgehead atoms. The lowest BCUT2D eigenvalue weighted by Crippen LogP contribution is -2.51. The molecule has 0 aromatic carbocycles. The van der Waals surface area contributed by atoms with E-state index in [1.165, 1.54) is 96.3 Å². The van der Waals surface area contributed by atoms with Crippen LogP contribution in [0.1, 0.15) is 164 Å². The highest BCUT2D eigenvalue weighted by Crippen LogP contribution is 2.67. The molecule has 39 heavy (non-hydrogen) atoms. The van der Waals surface area contributed by atoms with Crippen molar-refractivity contribution in [3.63, 3.8) is 0 Å². The van der Waals surface area contributed by atoms with Crippen LogP contribution in [0.15, 0.2) is 11.6 Å². The average molecular weight is 541 g/mol. The maximum atomic E-state index is 12.6. The Morgan fingerprint density at radius 1 is 0.897 bits per heavy atom. The molecule has 2 heteroatoms. The Morgan fingerprint density at radius 3 is 2.38 bits per heavy atom. The van der Waals surface area contributed by atoms with Gasteiger partial charge in [0, 0.05) is 12.8 Å². The van der Waals surface area contributed by atoms with Crippen molar-refractivity contribution >= 4 is 5.97 Å². The summed E-state index contributed by atoms with van der Waals surface area (Å²) in [5, 5.41) is 0. The summed E-state index contributed by atoms with van der Waals surface area (Å²) in [5.74, 6) is 5.34. The van der Waals surface area contributed by atoms with Crippen LogP contribution in [0.25, 0.3) is 0 Å². The van der Waals surface area contributed by atoms with Crippen LogP contribution in [-0.2, 0) is 9.53 Å². The molecular weight excluding hydrogens is 476 g/mol. The van der Waals surface area contributed by atoms with Gasteiger partial charge in [0.25, 0.3) is 0 Å². The molecule has 0 heterocycles. The highest BCUT2D eigenvalue weighted by atomic mass is 16.5. The first-order valence-corrected chi connectivity index (χ1v) is 17.6. The quantitative estimate of drug-likeness (QED) is 0.124. The molecule has 0 unspecified atom stereocenters. The first-order valence-electron chi connectivity index (χ1n) is 17.6. The van der Waals surface area contributed by atoms with Gasteiger partial charge in [0.2, 0.25) is 0 Å². The summed E-state index contributed by atoms with van der Waals surface area (Å²) in [6.07, 6.45) is 26.7. The van der Waals surface area contributed by atoms with Gasteiger partial charge < -0.3 is 4.74 Å². The number of esters is 1. The van der Waals surface area contributed by atoms with E-state index in [1.54, 1.807) is 5.57 Å². The molecule has 224 valence electrons. The molecule has 3 fully saturated rings. The van der Waals surface area contributed by atoms with Gasteiger partial charge in [-0.15, -0.1) is 0 Å². The van der Waals surface area contributed by atoms with Crippen LogP contribution in [-0.4, -0.2) is 12.1 Å². The van der Waals surface area contributed by atoms with Gasteiger partial charge in [-0.05, 0) is 97.7 Å². The van der Waals surface area contributed by atoms with E-state index >= 15 is 0 Å². The molecule has 0 N–H and O–H groups in total. The Hall–Kier alpha value is -0.790. The molecule has 4 aliphatic rings. The third kappa shape index (κ3) is 7.17. The molecule has 3 saturated carbocycles. The van der Waals surface area contributed by atoms with Crippen molar-refractivity contribution < 1.29 is 9.53 Å². The van der Waals surface area contributed by atoms with E-state index in [1.807, 2.05) is 0 Å². The Kier molecular flexibility index (Phi) is 11.1. The SMILES string of the molecule is CCCCCCCCCC(=O)O[C@H]1CC[C@@]2(C)C(=CC[C@@H]3[C@H]4CC[C@@H]([C@@H](C)CCCC(C)C)[C@@]4(C)CC[C@H]32)C1. The molecule has 4 rings (SSSR count). The average Bonchev–Trinajstić information content (AvgIpc) is 3.25. The first kappa shape index (κ1) is 31.2. The highest BCUT2D eigenvalue weighted by Gasteiger charge is 2.59. The molecule has 0 saturated heterocycles. The number of ether oxygens (including phenoxy) is 1. The second-order valence-corrected chi connectivity index (χ2v) is 15.5. The smallest absolute Gasteiger partial charge is 0.306 e. The van der Waals surface area contributed by atoms with Crippen molar-refractivity contribution in [2.24, 2.45) is 46.3 Å². The maximum absolute atomic E-state index is 12.6. The Morgan fingerprint density at radius 2 is 1.64 bits per heavy atom. The fourth-order valence-corrected chi connectivity index (χ4v) is 10.2. The maximum Gasteiger partial charge on any atom is 0.306 e. The normalized spacial score (nSPS) is 36.6. The number of carbonyl (C=O) groups excluding carboxylic acids is 1. The van der Waals surface area contributed by atoms with E-state index in [-0.39, 0.29) is 12.1 Å². The van der Waals surface area contributed by atoms with Gasteiger partial charge in [0.15, 0.2) is 0 Å². The monoisotopic (exact) mass is 540 g/mol. The fraction of sp³-hybridized carbons (Fsp3) is 0.919. The number of allylic oxidation sites excluding steroid dienone is 1. The van der Waals surface area contributed by atoms with Gasteiger partial charge in [-0.3, -0.25) is 4.79 Å². The number of rotatable bonds is 14. The second-order valence-electron chi connectivity index (χ2n) is 15.5. The molecule has 0 radical (unpaired) electrons. The standard InChI is InChI=1S/C37H64O2/c1-7-8-9-10-11-12-13-17-35(38)39-30-22-24-36(5)29(26-30)18-19-31-33-21-20-32(28(4)16-14-15-27(2)3)37(33,6)25-23-34(31)36/h18,27-28,30-34H,7-17,19-26H2,1-6H3/t28-,30-,31+,32-,33+,34+,36-,37+/m0/s1. The number of carbonyl (C=O) groups is 1. The molecule has 4 aliphatic carbocycles. The van der Waals surface area contributed by atoms with Crippen LogP contribution in [0.5, 0.6) is 0 Å². The van der Waals surface area contributed by atoms with E-state index in [9.17, 15) is 4.79 Å². The fourth-order valence-electron chi connectivity index (χ4n) is 10.2. The summed E-state index contributed by atoms with van der Waals surface area (Å²) in [4.78, 5) is 12.6. The Balaban J connectivity index is 1.29. The van der Waals surface area contributed by atoms with Crippen LogP contribution in [0.2, 0.25) is 0 Å². The minimum atomic E-state index is 0.0550. The molecule has 0 amide bonds. The van der Waals surface area contributed by atoms with Gasteiger partial charge in [-0.25, -0.2) is 0 Å². The van der Waals surface area contributed by atoms with E-state index in [4.69, 9.17) is 4.74 Å². The summed E-state index contributed by atoms with van der Waals surface area (Å²) in [6.45, 7) is 14.9. The van der Waals surface area contributed by atoms with Crippen molar-refractivity contribution in [1.82, 2.24) is 0 Å². The third-order valence-electron chi connectivity index (χ3n) is 12.5. The Labute approximate surface area is 242 Å². The van der Waals surface area contributed by atoms with Crippen molar-refractivity contribution in [3.05, 3.63) is 11.6 Å². The second kappa shape index (κ2) is 13.9. The molecule has 2 nitrogen and oxygen atoms in total. The van der Waals surface area contributed by atoms with Crippen molar-refractivity contribution in [3.8, 4) is 0 Å². The summed E-state index contributed by atoms with van der Waals surface area (Å²) >= 11 is 0. The summed E-state index contributed by atoms with van der Waals surface area (Å²) in [7, 11) is 0. The predicted octanol–water partition coefficient (Wildman–Crippen LogP) is 11.1. The molecule has 0 spiro atoms. The van der Waals surface area contributed by atoms with E-state index in [0.29, 0.717) is 17.3 Å². The van der Waals surface area contributed by atoms with Gasteiger partial charge in [-0.2, -0.15) is 0 Å². The molecular formula is C37H64O2. The van der Waals surface area contributed by atoms with E-state index in [2.05, 4.69) is 47.6 Å². The zero-order valence-corrected chi connectivity index (χ0v) is 26.9. The summed E-state index contributed by atoms with van der Waals surface area (Å²) < 4.78 is 6.06. The van der Waals surface area contributed by atoms with Crippen LogP contribution in [0.3, 0.4) is 0 Å². The molecule has 0 aromatic heterocycles. The van der Waals surface area contributed by atoms with Crippen molar-refractivity contribution in [2.45, 2.75) is 170 Å². The number of fused-ring (bicyclic) bond motifs is 5. The van der Waals surface area contributed by atoms with Gasteiger partial charge in [0.05, 0.1) is 0 Å². The summed E-state index contributed by atoms with van der Waals surface area (Å²) in [5.41, 5.74) is 2.54. The zero-order chi connectivity index (χ0) is 28.0. The van der Waals surface area contributed by atoms with E-state index in [0.717, 1.165) is 54.8 Å². The zero-order valence-electron chi connectivity index (χ0n) is 26.9. The van der Waals surface area contributed by atoms with Crippen molar-refractivity contribution in [2.75, 3.05) is 0 Å². The van der Waals surface area contributed by atoms with Crippen LogP contribution >= 0.6 is 0 Å². The lowest BCUT2D eigenvalue weighted by Gasteiger charge is -2.58. The van der Waals surface area contributed by atoms with Gasteiger partial charge in [0.1, 0.15) is 6.10 Å². The lowest BCUT2D eigenvalue weighted by atomic mass is 9.47. The predicted molar refractivity (Wildman–Crippen MR) is 166 cm³/mol. The van der Waals surface area contributed by atoms with Gasteiger partial charge in [-0.1, -0.05) is 111 Å². The minimum Gasteiger partial charge on any atom is -0.462 e. The molecule has 8 atom stereocenters.